The highest BCUT2D eigenvalue weighted by Crippen LogP contribution is 2.32. The maximum atomic E-state index is 13.5. The number of hydrogen-bond acceptors (Lipinski definition) is 3. The van der Waals surface area contributed by atoms with Gasteiger partial charge in [0.25, 0.3) is 0 Å². The van der Waals surface area contributed by atoms with Crippen molar-refractivity contribution in [3.63, 3.8) is 0 Å². The summed E-state index contributed by atoms with van der Waals surface area (Å²) in [7, 11) is 0. The Morgan fingerprint density at radius 3 is 2.31 bits per heavy atom. The molecule has 7 heteroatoms. The number of halogens is 3. The summed E-state index contributed by atoms with van der Waals surface area (Å²) >= 11 is 0. The first kappa shape index (κ1) is 21.7. The zero-order valence-electron chi connectivity index (χ0n) is 17.5. The number of rotatable bonds is 8. The van der Waals surface area contributed by atoms with E-state index < -0.39 is 12.0 Å². The molecule has 0 amide bonds. The lowest BCUT2D eigenvalue weighted by molar-refractivity contribution is -0.146. The van der Waals surface area contributed by atoms with Crippen molar-refractivity contribution in [3.05, 3.63) is 89.7 Å². The van der Waals surface area contributed by atoms with Crippen molar-refractivity contribution in [2.45, 2.75) is 32.0 Å². The van der Waals surface area contributed by atoms with Crippen LogP contribution < -0.4 is 10.5 Å². The van der Waals surface area contributed by atoms with Crippen LogP contribution in [-0.4, -0.2) is 16.2 Å². The molecule has 3 aromatic carbocycles. The molecule has 4 nitrogen and oxygen atoms in total. The van der Waals surface area contributed by atoms with Gasteiger partial charge >= 0.3 is 6.18 Å². The SMILES string of the molecule is Nc1ccc2c(c1)nc(C(F)(F)F)n2CCc1ccc(OCCCc2ccccc2)cc1. The monoisotopic (exact) mass is 439 g/mol. The van der Waals surface area contributed by atoms with Crippen LogP contribution in [0.4, 0.5) is 18.9 Å². The van der Waals surface area contributed by atoms with Gasteiger partial charge in [-0.1, -0.05) is 42.5 Å². The minimum absolute atomic E-state index is 0.159. The summed E-state index contributed by atoms with van der Waals surface area (Å²) in [5, 5.41) is 0. The van der Waals surface area contributed by atoms with E-state index in [0.717, 1.165) is 24.2 Å². The molecule has 0 saturated carbocycles. The first-order valence-electron chi connectivity index (χ1n) is 10.5. The summed E-state index contributed by atoms with van der Waals surface area (Å²) in [5.41, 5.74) is 8.96. The van der Waals surface area contributed by atoms with Gasteiger partial charge in [-0.25, -0.2) is 4.98 Å². The van der Waals surface area contributed by atoms with Crippen LogP contribution in [0, 0.1) is 0 Å². The fourth-order valence-electron chi connectivity index (χ4n) is 3.69. The summed E-state index contributed by atoms with van der Waals surface area (Å²) in [6.45, 7) is 0.764. The Labute approximate surface area is 184 Å². The van der Waals surface area contributed by atoms with Gasteiger partial charge in [0.2, 0.25) is 5.82 Å². The Hall–Kier alpha value is -3.48. The molecule has 166 valence electrons. The van der Waals surface area contributed by atoms with Gasteiger partial charge in [-0.15, -0.1) is 0 Å². The largest absolute Gasteiger partial charge is 0.494 e. The number of ether oxygens (including phenoxy) is 1. The second-order valence-corrected chi connectivity index (χ2v) is 7.66. The number of nitrogens with zero attached hydrogens (tertiary/aromatic N) is 2. The molecule has 0 fully saturated rings. The number of aryl methyl sites for hydroxylation is 3. The van der Waals surface area contributed by atoms with E-state index in [1.165, 1.54) is 16.2 Å². The van der Waals surface area contributed by atoms with Gasteiger partial charge in [0, 0.05) is 12.2 Å². The van der Waals surface area contributed by atoms with Crippen molar-refractivity contribution in [1.82, 2.24) is 9.55 Å². The second-order valence-electron chi connectivity index (χ2n) is 7.66. The number of nitrogens with two attached hydrogens (primary N) is 1. The van der Waals surface area contributed by atoms with Crippen LogP contribution in [0.1, 0.15) is 23.4 Å². The number of alkyl halides is 3. The topological polar surface area (TPSA) is 53.1 Å². The zero-order valence-corrected chi connectivity index (χ0v) is 17.5. The van der Waals surface area contributed by atoms with Gasteiger partial charge in [0.15, 0.2) is 0 Å². The van der Waals surface area contributed by atoms with Crippen LogP contribution in [0.2, 0.25) is 0 Å². The number of benzene rings is 3. The van der Waals surface area contributed by atoms with E-state index in [-0.39, 0.29) is 12.1 Å². The highest BCUT2D eigenvalue weighted by molar-refractivity contribution is 5.79. The fourth-order valence-corrected chi connectivity index (χ4v) is 3.69. The zero-order chi connectivity index (χ0) is 22.6. The van der Waals surface area contributed by atoms with Gasteiger partial charge < -0.3 is 15.0 Å². The normalized spacial score (nSPS) is 11.7. The molecule has 1 aromatic heterocycles. The van der Waals surface area contributed by atoms with Crippen LogP contribution >= 0.6 is 0 Å². The Morgan fingerprint density at radius 2 is 1.59 bits per heavy atom. The molecule has 4 rings (SSSR count). The molecule has 0 atom stereocenters. The summed E-state index contributed by atoms with van der Waals surface area (Å²) < 4.78 is 47.5. The average molecular weight is 439 g/mol. The third-order valence-electron chi connectivity index (χ3n) is 5.29. The predicted molar refractivity (Wildman–Crippen MR) is 120 cm³/mol. The standard InChI is InChI=1S/C25H24F3N3O/c26-25(27,28)24-30-22-17-20(29)10-13-23(22)31(24)15-14-19-8-11-21(12-9-19)32-16-4-7-18-5-2-1-3-6-18/h1-3,5-6,8-13,17H,4,7,14-16,29H2. The van der Waals surface area contributed by atoms with E-state index >= 15 is 0 Å². The minimum Gasteiger partial charge on any atom is -0.494 e. The Bertz CT molecular complexity index is 1170. The van der Waals surface area contributed by atoms with E-state index in [2.05, 4.69) is 17.1 Å². The van der Waals surface area contributed by atoms with Crippen LogP contribution in [0.3, 0.4) is 0 Å². The maximum Gasteiger partial charge on any atom is 0.449 e. The molecule has 0 aliphatic rings. The number of anilines is 1. The predicted octanol–water partition coefficient (Wildman–Crippen LogP) is 5.89. The van der Waals surface area contributed by atoms with E-state index in [1.807, 2.05) is 42.5 Å². The van der Waals surface area contributed by atoms with E-state index in [1.54, 1.807) is 12.1 Å². The summed E-state index contributed by atoms with van der Waals surface area (Å²) in [4.78, 5) is 3.77. The van der Waals surface area contributed by atoms with Crippen molar-refractivity contribution in [1.29, 1.82) is 0 Å². The third-order valence-corrected chi connectivity index (χ3v) is 5.29. The van der Waals surface area contributed by atoms with Crippen molar-refractivity contribution in [2.75, 3.05) is 12.3 Å². The maximum absolute atomic E-state index is 13.5. The average Bonchev–Trinajstić information content (AvgIpc) is 3.15. The molecule has 1 heterocycles. The summed E-state index contributed by atoms with van der Waals surface area (Å²) in [5.74, 6) is -0.155. The molecule has 0 aliphatic carbocycles. The van der Waals surface area contributed by atoms with E-state index in [0.29, 0.717) is 24.2 Å². The molecular formula is C25H24F3N3O. The first-order chi connectivity index (χ1) is 15.4. The molecule has 0 bridgehead atoms. The molecule has 32 heavy (non-hydrogen) atoms. The van der Waals surface area contributed by atoms with E-state index in [9.17, 15) is 13.2 Å². The number of imidazole rings is 1. The highest BCUT2D eigenvalue weighted by atomic mass is 19.4. The molecule has 0 unspecified atom stereocenters. The molecule has 4 aromatic rings. The van der Waals surface area contributed by atoms with E-state index in [4.69, 9.17) is 10.5 Å². The van der Waals surface area contributed by atoms with Gasteiger partial charge in [0.1, 0.15) is 5.75 Å². The molecule has 0 spiro atoms. The van der Waals surface area contributed by atoms with Crippen molar-refractivity contribution in [2.24, 2.45) is 0 Å². The molecular weight excluding hydrogens is 415 g/mol. The number of aromatic nitrogens is 2. The number of hydrogen-bond donors (Lipinski definition) is 1. The summed E-state index contributed by atoms with van der Waals surface area (Å²) in [6, 6.07) is 22.3. The van der Waals surface area contributed by atoms with Crippen molar-refractivity contribution < 1.29 is 17.9 Å². The van der Waals surface area contributed by atoms with Crippen LogP contribution in [-0.2, 0) is 25.6 Å². The Kier molecular flexibility index (Phi) is 6.35. The first-order valence-corrected chi connectivity index (χ1v) is 10.5. The molecule has 0 radical (unpaired) electrons. The molecule has 0 aliphatic heterocycles. The fraction of sp³-hybridized carbons (Fsp3) is 0.240. The minimum atomic E-state index is -4.54. The molecule has 2 N–H and O–H groups in total. The number of nitrogen functional groups attached to an aromatic ring is 1. The lowest BCUT2D eigenvalue weighted by Crippen LogP contribution is -2.16. The quantitative estimate of drug-likeness (QED) is 0.275. The van der Waals surface area contributed by atoms with Gasteiger partial charge in [-0.3, -0.25) is 0 Å². The van der Waals surface area contributed by atoms with Gasteiger partial charge in [-0.05, 0) is 60.7 Å². The smallest absolute Gasteiger partial charge is 0.449 e. The van der Waals surface area contributed by atoms with Crippen molar-refractivity contribution in [3.8, 4) is 5.75 Å². The Morgan fingerprint density at radius 1 is 0.875 bits per heavy atom. The Balaban J connectivity index is 1.36. The third kappa shape index (κ3) is 5.22. The second kappa shape index (κ2) is 9.34. The number of fused-ring (bicyclic) bond motifs is 1. The summed E-state index contributed by atoms with van der Waals surface area (Å²) in [6.07, 6.45) is -2.24. The molecule has 0 saturated heterocycles. The lowest BCUT2D eigenvalue weighted by Gasteiger charge is -2.12. The van der Waals surface area contributed by atoms with Gasteiger partial charge in [0.05, 0.1) is 17.6 Å². The lowest BCUT2D eigenvalue weighted by atomic mass is 10.1. The van der Waals surface area contributed by atoms with Crippen LogP contribution in [0.15, 0.2) is 72.8 Å². The van der Waals surface area contributed by atoms with Gasteiger partial charge in [-0.2, -0.15) is 13.2 Å². The van der Waals surface area contributed by atoms with Crippen LogP contribution in [0.25, 0.3) is 11.0 Å². The van der Waals surface area contributed by atoms with Crippen LogP contribution in [0.5, 0.6) is 5.75 Å². The highest BCUT2D eigenvalue weighted by Gasteiger charge is 2.37. The van der Waals surface area contributed by atoms with Crippen molar-refractivity contribution >= 4 is 16.7 Å².